The average molecular weight is 283 g/mol. The van der Waals surface area contributed by atoms with Crippen molar-refractivity contribution in [2.75, 3.05) is 18.0 Å². The Kier molecular flexibility index (Phi) is 2.52. The highest BCUT2D eigenvalue weighted by Crippen LogP contribution is 2.40. The van der Waals surface area contributed by atoms with Gasteiger partial charge in [0.2, 0.25) is 0 Å². The quantitative estimate of drug-likeness (QED) is 0.850. The molecule has 3 heterocycles. The summed E-state index contributed by atoms with van der Waals surface area (Å²) in [6, 6.07) is 0.624. The van der Waals surface area contributed by atoms with Crippen LogP contribution in [0.4, 0.5) is 5.82 Å². The van der Waals surface area contributed by atoms with Crippen LogP contribution < -0.4 is 4.90 Å². The minimum atomic E-state index is 0.624. The molecule has 1 saturated heterocycles. The number of rotatable bonds is 2. The van der Waals surface area contributed by atoms with Crippen molar-refractivity contribution < 1.29 is 0 Å². The summed E-state index contributed by atoms with van der Waals surface area (Å²) < 4.78 is 2.24. The summed E-state index contributed by atoms with van der Waals surface area (Å²) in [5, 5.41) is 0. The van der Waals surface area contributed by atoms with E-state index in [9.17, 15) is 0 Å². The number of anilines is 1. The Morgan fingerprint density at radius 1 is 0.905 bits per heavy atom. The first-order chi connectivity index (χ1) is 10.4. The minimum Gasteiger partial charge on any atom is -0.354 e. The highest BCUT2D eigenvalue weighted by Gasteiger charge is 2.36. The Bertz CT molecular complexity index is 660. The predicted octanol–water partition coefficient (Wildman–Crippen LogP) is 2.79. The number of aromatic nitrogens is 4. The fourth-order valence-corrected chi connectivity index (χ4v) is 4.27. The van der Waals surface area contributed by atoms with E-state index in [-0.39, 0.29) is 0 Å². The van der Waals surface area contributed by atoms with Gasteiger partial charge in [0.05, 0.1) is 6.33 Å². The molecule has 5 rings (SSSR count). The molecule has 0 spiro atoms. The van der Waals surface area contributed by atoms with E-state index in [0.717, 1.165) is 41.9 Å². The molecule has 110 valence electrons. The molecule has 0 bridgehead atoms. The number of hydrogen-bond donors (Lipinski definition) is 0. The molecular formula is C16H21N5. The zero-order valence-corrected chi connectivity index (χ0v) is 12.3. The van der Waals surface area contributed by atoms with Crippen LogP contribution in [-0.2, 0) is 0 Å². The second-order valence-electron chi connectivity index (χ2n) is 6.96. The Balaban J connectivity index is 1.52. The standard InChI is InChI=1S/C16H21N5/c1-2-4-12-8-20(7-11(12)3-1)15-14-16(18-9-17-15)21(10-19-14)13-5-6-13/h9-13H,1-8H2. The predicted molar refractivity (Wildman–Crippen MR) is 81.3 cm³/mol. The van der Waals surface area contributed by atoms with Crippen LogP contribution in [0.1, 0.15) is 44.6 Å². The van der Waals surface area contributed by atoms with E-state index in [0.29, 0.717) is 6.04 Å². The van der Waals surface area contributed by atoms with E-state index in [1.165, 1.54) is 38.5 Å². The van der Waals surface area contributed by atoms with Crippen LogP contribution in [0.3, 0.4) is 0 Å². The van der Waals surface area contributed by atoms with Gasteiger partial charge in [-0.25, -0.2) is 15.0 Å². The Hall–Kier alpha value is -1.65. The van der Waals surface area contributed by atoms with Crippen LogP contribution in [0, 0.1) is 11.8 Å². The van der Waals surface area contributed by atoms with Crippen molar-refractivity contribution in [1.29, 1.82) is 0 Å². The number of nitrogens with zero attached hydrogens (tertiary/aromatic N) is 5. The van der Waals surface area contributed by atoms with Crippen molar-refractivity contribution in [3.05, 3.63) is 12.7 Å². The maximum Gasteiger partial charge on any atom is 0.165 e. The molecule has 5 nitrogen and oxygen atoms in total. The van der Waals surface area contributed by atoms with E-state index in [2.05, 4.69) is 24.4 Å². The zero-order chi connectivity index (χ0) is 13.8. The van der Waals surface area contributed by atoms with Crippen LogP contribution in [-0.4, -0.2) is 32.6 Å². The van der Waals surface area contributed by atoms with Crippen LogP contribution in [0.5, 0.6) is 0 Å². The number of hydrogen-bond acceptors (Lipinski definition) is 4. The van der Waals surface area contributed by atoms with Crippen molar-refractivity contribution in [3.8, 4) is 0 Å². The fourth-order valence-electron chi connectivity index (χ4n) is 4.27. The maximum absolute atomic E-state index is 4.64. The van der Waals surface area contributed by atoms with Gasteiger partial charge in [-0.2, -0.15) is 0 Å². The van der Waals surface area contributed by atoms with Gasteiger partial charge in [0.25, 0.3) is 0 Å². The molecule has 2 aliphatic carbocycles. The summed E-state index contributed by atoms with van der Waals surface area (Å²) in [4.78, 5) is 16.2. The molecule has 1 aliphatic heterocycles. The molecule has 0 N–H and O–H groups in total. The van der Waals surface area contributed by atoms with E-state index >= 15 is 0 Å². The van der Waals surface area contributed by atoms with Crippen LogP contribution in [0.25, 0.3) is 11.2 Å². The van der Waals surface area contributed by atoms with E-state index in [1.54, 1.807) is 6.33 Å². The normalized spacial score (nSPS) is 29.0. The van der Waals surface area contributed by atoms with Gasteiger partial charge in [-0.3, -0.25) is 0 Å². The van der Waals surface area contributed by atoms with Crippen molar-refractivity contribution in [1.82, 2.24) is 19.5 Å². The molecule has 3 aliphatic rings. The van der Waals surface area contributed by atoms with Crippen molar-refractivity contribution >= 4 is 17.0 Å². The molecule has 2 atom stereocenters. The van der Waals surface area contributed by atoms with Crippen LogP contribution >= 0.6 is 0 Å². The molecule has 0 aromatic carbocycles. The molecule has 0 amide bonds. The highest BCUT2D eigenvalue weighted by atomic mass is 15.2. The summed E-state index contributed by atoms with van der Waals surface area (Å²) in [7, 11) is 0. The zero-order valence-electron chi connectivity index (χ0n) is 12.3. The van der Waals surface area contributed by atoms with Crippen molar-refractivity contribution in [2.45, 2.75) is 44.6 Å². The molecule has 3 fully saturated rings. The van der Waals surface area contributed by atoms with E-state index in [1.807, 2.05) is 6.33 Å². The summed E-state index contributed by atoms with van der Waals surface area (Å²) in [6.45, 7) is 2.32. The van der Waals surface area contributed by atoms with Gasteiger partial charge in [0.15, 0.2) is 17.0 Å². The summed E-state index contributed by atoms with van der Waals surface area (Å²) in [5.74, 6) is 2.80. The van der Waals surface area contributed by atoms with E-state index in [4.69, 9.17) is 0 Å². The smallest absolute Gasteiger partial charge is 0.165 e. The molecule has 5 heteroatoms. The lowest BCUT2D eigenvalue weighted by atomic mass is 9.82. The summed E-state index contributed by atoms with van der Waals surface area (Å²) in [5.41, 5.74) is 2.03. The first-order valence-electron chi connectivity index (χ1n) is 8.32. The molecule has 2 aromatic rings. The Morgan fingerprint density at radius 2 is 1.67 bits per heavy atom. The fraction of sp³-hybridized carbons (Fsp3) is 0.688. The Morgan fingerprint density at radius 3 is 2.38 bits per heavy atom. The van der Waals surface area contributed by atoms with Crippen molar-refractivity contribution in [2.24, 2.45) is 11.8 Å². The third-order valence-electron chi connectivity index (χ3n) is 5.56. The molecular weight excluding hydrogens is 262 g/mol. The third-order valence-corrected chi connectivity index (χ3v) is 5.56. The lowest BCUT2D eigenvalue weighted by Gasteiger charge is -2.22. The second-order valence-corrected chi connectivity index (χ2v) is 6.96. The van der Waals surface area contributed by atoms with Gasteiger partial charge in [0.1, 0.15) is 6.33 Å². The second kappa shape index (κ2) is 4.42. The molecule has 2 saturated carbocycles. The third kappa shape index (κ3) is 1.86. The van der Waals surface area contributed by atoms with Gasteiger partial charge >= 0.3 is 0 Å². The maximum atomic E-state index is 4.64. The first kappa shape index (κ1) is 12.0. The first-order valence-corrected chi connectivity index (χ1v) is 8.32. The van der Waals surface area contributed by atoms with Crippen LogP contribution in [0.15, 0.2) is 12.7 Å². The SMILES string of the molecule is c1nc(N2CC3CCCCC3C2)c2ncn(C3CC3)c2n1. The topological polar surface area (TPSA) is 46.8 Å². The largest absolute Gasteiger partial charge is 0.354 e. The van der Waals surface area contributed by atoms with E-state index < -0.39 is 0 Å². The monoisotopic (exact) mass is 283 g/mol. The number of imidazole rings is 1. The van der Waals surface area contributed by atoms with Gasteiger partial charge in [0, 0.05) is 19.1 Å². The van der Waals surface area contributed by atoms with Gasteiger partial charge < -0.3 is 9.47 Å². The molecule has 21 heavy (non-hydrogen) atoms. The van der Waals surface area contributed by atoms with Gasteiger partial charge in [-0.05, 0) is 37.5 Å². The summed E-state index contributed by atoms with van der Waals surface area (Å²) in [6.07, 6.45) is 11.8. The van der Waals surface area contributed by atoms with Crippen LogP contribution in [0.2, 0.25) is 0 Å². The van der Waals surface area contributed by atoms with Gasteiger partial charge in [-0.1, -0.05) is 12.8 Å². The minimum absolute atomic E-state index is 0.624. The summed E-state index contributed by atoms with van der Waals surface area (Å²) >= 11 is 0. The lowest BCUT2D eigenvalue weighted by molar-refractivity contribution is 0.299. The lowest BCUT2D eigenvalue weighted by Crippen LogP contribution is -2.21. The van der Waals surface area contributed by atoms with Crippen molar-refractivity contribution in [3.63, 3.8) is 0 Å². The average Bonchev–Trinajstić information content (AvgIpc) is 3.13. The number of fused-ring (bicyclic) bond motifs is 2. The molecule has 2 aromatic heterocycles. The molecule has 2 unspecified atom stereocenters. The molecule has 0 radical (unpaired) electrons. The van der Waals surface area contributed by atoms with Gasteiger partial charge in [-0.15, -0.1) is 0 Å². The Labute approximate surface area is 124 Å². The highest BCUT2D eigenvalue weighted by molar-refractivity contribution is 5.83.